The van der Waals surface area contributed by atoms with Crippen molar-refractivity contribution in [2.45, 2.75) is 19.4 Å². The number of benzene rings is 2. The number of methoxy groups -OCH3 is 2. The second-order valence-electron chi connectivity index (χ2n) is 6.49. The van der Waals surface area contributed by atoms with E-state index in [1.165, 1.54) is 6.33 Å². The molecule has 2 aromatic carbocycles. The number of rotatable bonds is 8. The first kappa shape index (κ1) is 20.1. The van der Waals surface area contributed by atoms with Crippen molar-refractivity contribution in [3.05, 3.63) is 78.4 Å². The SMILES string of the molecule is C=CCc1cc(C(=O)NC(C)c2ccc(-n3cncn3)cc2)cc(OC)c1OC. The number of ether oxygens (including phenoxy) is 2. The normalized spacial score (nSPS) is 11.6. The Kier molecular flexibility index (Phi) is 6.29. The molecule has 0 aliphatic heterocycles. The molecule has 0 radical (unpaired) electrons. The highest BCUT2D eigenvalue weighted by Gasteiger charge is 2.17. The molecule has 150 valence electrons. The number of nitrogens with one attached hydrogen (secondary N) is 1. The standard InChI is InChI=1S/C22H24N4O3/c1-5-6-17-11-18(12-20(28-3)21(17)29-4)22(27)25-15(2)16-7-9-19(10-8-16)26-14-23-13-24-26/h5,7-15H,1,6H2,2-4H3,(H,25,27). The molecule has 0 spiro atoms. The molecule has 3 aromatic rings. The smallest absolute Gasteiger partial charge is 0.251 e. The molecule has 1 heterocycles. The van der Waals surface area contributed by atoms with E-state index in [0.29, 0.717) is 23.5 Å². The number of allylic oxidation sites excluding steroid dienone is 1. The van der Waals surface area contributed by atoms with Gasteiger partial charge in [-0.15, -0.1) is 6.58 Å². The van der Waals surface area contributed by atoms with Gasteiger partial charge < -0.3 is 14.8 Å². The van der Waals surface area contributed by atoms with E-state index in [-0.39, 0.29) is 11.9 Å². The molecule has 1 atom stereocenters. The second-order valence-corrected chi connectivity index (χ2v) is 6.49. The Morgan fingerprint density at radius 2 is 2.00 bits per heavy atom. The van der Waals surface area contributed by atoms with Crippen molar-refractivity contribution >= 4 is 5.91 Å². The van der Waals surface area contributed by atoms with E-state index in [2.05, 4.69) is 22.0 Å². The molecule has 1 N–H and O–H groups in total. The molecule has 0 fully saturated rings. The fourth-order valence-electron chi connectivity index (χ4n) is 3.10. The van der Waals surface area contributed by atoms with Gasteiger partial charge in [0.05, 0.1) is 25.9 Å². The van der Waals surface area contributed by atoms with Crippen molar-refractivity contribution in [2.24, 2.45) is 0 Å². The van der Waals surface area contributed by atoms with Crippen LogP contribution in [0.4, 0.5) is 0 Å². The van der Waals surface area contributed by atoms with Crippen LogP contribution in [-0.2, 0) is 6.42 Å². The summed E-state index contributed by atoms with van der Waals surface area (Å²) < 4.78 is 12.5. The van der Waals surface area contributed by atoms with Crippen molar-refractivity contribution in [1.82, 2.24) is 20.1 Å². The Bertz CT molecular complexity index is 982. The van der Waals surface area contributed by atoms with Crippen LogP contribution in [0.15, 0.2) is 61.7 Å². The van der Waals surface area contributed by atoms with Crippen LogP contribution < -0.4 is 14.8 Å². The summed E-state index contributed by atoms with van der Waals surface area (Å²) in [7, 11) is 3.13. The van der Waals surface area contributed by atoms with E-state index in [4.69, 9.17) is 9.47 Å². The van der Waals surface area contributed by atoms with E-state index in [1.807, 2.05) is 31.2 Å². The molecule has 0 saturated heterocycles. The maximum atomic E-state index is 12.9. The Morgan fingerprint density at radius 1 is 1.24 bits per heavy atom. The maximum absolute atomic E-state index is 12.9. The quantitative estimate of drug-likeness (QED) is 0.594. The molecule has 0 aliphatic rings. The van der Waals surface area contributed by atoms with E-state index < -0.39 is 0 Å². The highest BCUT2D eigenvalue weighted by molar-refractivity contribution is 5.95. The van der Waals surface area contributed by atoms with Crippen LogP contribution in [0.1, 0.15) is 34.5 Å². The fraction of sp³-hybridized carbons (Fsp3) is 0.227. The van der Waals surface area contributed by atoms with E-state index in [0.717, 1.165) is 16.8 Å². The van der Waals surface area contributed by atoms with Crippen LogP contribution in [0.3, 0.4) is 0 Å². The summed E-state index contributed by atoms with van der Waals surface area (Å²) in [5.74, 6) is 0.937. The van der Waals surface area contributed by atoms with Crippen LogP contribution in [0.5, 0.6) is 11.5 Å². The number of carbonyl (C=O) groups is 1. The summed E-state index contributed by atoms with van der Waals surface area (Å²) in [5, 5.41) is 7.14. The van der Waals surface area contributed by atoms with Gasteiger partial charge in [0.15, 0.2) is 11.5 Å². The minimum atomic E-state index is -0.191. The Hall–Kier alpha value is -3.61. The van der Waals surface area contributed by atoms with Gasteiger partial charge in [-0.1, -0.05) is 18.2 Å². The first-order valence-corrected chi connectivity index (χ1v) is 9.19. The van der Waals surface area contributed by atoms with Gasteiger partial charge in [-0.3, -0.25) is 4.79 Å². The maximum Gasteiger partial charge on any atom is 0.251 e. The van der Waals surface area contributed by atoms with Crippen molar-refractivity contribution in [1.29, 1.82) is 0 Å². The number of hydrogen-bond acceptors (Lipinski definition) is 5. The number of nitrogens with zero attached hydrogens (tertiary/aromatic N) is 3. The highest BCUT2D eigenvalue weighted by Crippen LogP contribution is 2.33. The molecule has 7 heteroatoms. The van der Waals surface area contributed by atoms with Gasteiger partial charge in [-0.05, 0) is 43.2 Å². The third-order valence-corrected chi connectivity index (χ3v) is 4.61. The summed E-state index contributed by atoms with van der Waals surface area (Å²) in [6, 6.07) is 11.1. The van der Waals surface area contributed by atoms with E-state index in [1.54, 1.807) is 43.4 Å². The summed E-state index contributed by atoms with van der Waals surface area (Å²) >= 11 is 0. The average molecular weight is 392 g/mol. The fourth-order valence-corrected chi connectivity index (χ4v) is 3.10. The Balaban J connectivity index is 1.78. The molecule has 0 bridgehead atoms. The molecule has 1 unspecified atom stereocenters. The largest absolute Gasteiger partial charge is 0.493 e. The molecule has 0 aliphatic carbocycles. The molecule has 7 nitrogen and oxygen atoms in total. The minimum Gasteiger partial charge on any atom is -0.493 e. The summed E-state index contributed by atoms with van der Waals surface area (Å²) in [6.45, 7) is 5.71. The third kappa shape index (κ3) is 4.45. The summed E-state index contributed by atoms with van der Waals surface area (Å²) in [6.07, 6.45) is 5.46. The molecule has 1 aromatic heterocycles. The van der Waals surface area contributed by atoms with Crippen LogP contribution in [-0.4, -0.2) is 34.9 Å². The molecular formula is C22H24N4O3. The molecular weight excluding hydrogens is 368 g/mol. The molecule has 0 saturated carbocycles. The highest BCUT2D eigenvalue weighted by atomic mass is 16.5. The molecule has 3 rings (SSSR count). The van der Waals surface area contributed by atoms with Gasteiger partial charge in [-0.25, -0.2) is 9.67 Å². The topological polar surface area (TPSA) is 78.3 Å². The number of hydrogen-bond donors (Lipinski definition) is 1. The van der Waals surface area contributed by atoms with Crippen molar-refractivity contribution < 1.29 is 14.3 Å². The van der Waals surface area contributed by atoms with Gasteiger partial charge in [-0.2, -0.15) is 5.10 Å². The first-order chi connectivity index (χ1) is 14.1. The Morgan fingerprint density at radius 3 is 2.59 bits per heavy atom. The number of carbonyl (C=O) groups excluding carboxylic acids is 1. The van der Waals surface area contributed by atoms with Crippen molar-refractivity contribution in [2.75, 3.05) is 14.2 Å². The summed E-state index contributed by atoms with van der Waals surface area (Å²) in [5.41, 5.74) is 3.23. The van der Waals surface area contributed by atoms with Crippen molar-refractivity contribution in [3.63, 3.8) is 0 Å². The zero-order chi connectivity index (χ0) is 20.8. The predicted molar refractivity (Wildman–Crippen MR) is 111 cm³/mol. The number of aromatic nitrogens is 3. The van der Waals surface area contributed by atoms with Gasteiger partial charge >= 0.3 is 0 Å². The average Bonchev–Trinajstić information content (AvgIpc) is 3.28. The van der Waals surface area contributed by atoms with Crippen LogP contribution in [0.2, 0.25) is 0 Å². The zero-order valence-corrected chi connectivity index (χ0v) is 16.8. The lowest BCUT2D eigenvalue weighted by atomic mass is 10.0. The van der Waals surface area contributed by atoms with Crippen LogP contribution >= 0.6 is 0 Å². The Labute approximate surface area is 170 Å². The monoisotopic (exact) mass is 392 g/mol. The lowest BCUT2D eigenvalue weighted by Gasteiger charge is -2.17. The lowest BCUT2D eigenvalue weighted by molar-refractivity contribution is 0.0939. The summed E-state index contributed by atoms with van der Waals surface area (Å²) in [4.78, 5) is 16.8. The van der Waals surface area contributed by atoms with E-state index >= 15 is 0 Å². The van der Waals surface area contributed by atoms with Gasteiger partial charge in [0.25, 0.3) is 5.91 Å². The van der Waals surface area contributed by atoms with Crippen molar-refractivity contribution in [3.8, 4) is 17.2 Å². The van der Waals surface area contributed by atoms with Gasteiger partial charge in [0, 0.05) is 11.1 Å². The predicted octanol–water partition coefficient (Wildman–Crippen LogP) is 3.50. The third-order valence-electron chi connectivity index (χ3n) is 4.61. The molecule has 29 heavy (non-hydrogen) atoms. The van der Waals surface area contributed by atoms with E-state index in [9.17, 15) is 4.79 Å². The number of amides is 1. The van der Waals surface area contributed by atoms with Gasteiger partial charge in [0.1, 0.15) is 12.7 Å². The zero-order valence-electron chi connectivity index (χ0n) is 16.8. The lowest BCUT2D eigenvalue weighted by Crippen LogP contribution is -2.26. The molecule has 1 amide bonds. The first-order valence-electron chi connectivity index (χ1n) is 9.19. The second kappa shape index (κ2) is 9.05. The van der Waals surface area contributed by atoms with Crippen LogP contribution in [0.25, 0.3) is 5.69 Å². The minimum absolute atomic E-state index is 0.178. The van der Waals surface area contributed by atoms with Gasteiger partial charge in [0.2, 0.25) is 0 Å². The van der Waals surface area contributed by atoms with Crippen LogP contribution in [0, 0.1) is 0 Å².